The van der Waals surface area contributed by atoms with Crippen LogP contribution in [0.2, 0.25) is 0 Å². The second kappa shape index (κ2) is 6.31. The van der Waals surface area contributed by atoms with E-state index in [2.05, 4.69) is 25.5 Å². The van der Waals surface area contributed by atoms with Crippen molar-refractivity contribution >= 4 is 11.5 Å². The zero-order chi connectivity index (χ0) is 17.2. The number of aromatic nitrogens is 6. The summed E-state index contributed by atoms with van der Waals surface area (Å²) >= 11 is 0. The number of fused-ring (bicyclic) bond motifs is 1. The van der Waals surface area contributed by atoms with Crippen LogP contribution in [0.15, 0.2) is 55.2 Å². The predicted octanol–water partition coefficient (Wildman–Crippen LogP) is 2.63. The molecule has 0 aliphatic carbocycles. The van der Waals surface area contributed by atoms with Crippen molar-refractivity contribution in [2.75, 3.05) is 5.32 Å². The summed E-state index contributed by atoms with van der Waals surface area (Å²) in [6.07, 6.45) is 4.83. The Morgan fingerprint density at radius 3 is 2.88 bits per heavy atom. The number of nitrogens with zero attached hydrogens (tertiary/aromatic N) is 6. The lowest BCUT2D eigenvalue weighted by Crippen LogP contribution is -2.23. The predicted molar refractivity (Wildman–Crippen MR) is 91.5 cm³/mol. The number of anilines is 1. The number of benzene rings is 1. The molecule has 1 N–H and O–H groups in total. The van der Waals surface area contributed by atoms with Crippen LogP contribution < -0.4 is 5.32 Å². The molecular formula is C17H16FN7. The van der Waals surface area contributed by atoms with E-state index < -0.39 is 0 Å². The topological polar surface area (TPSA) is 72.9 Å². The van der Waals surface area contributed by atoms with E-state index in [-0.39, 0.29) is 11.9 Å². The summed E-state index contributed by atoms with van der Waals surface area (Å²) in [7, 11) is 0. The van der Waals surface area contributed by atoms with Gasteiger partial charge < -0.3 is 5.32 Å². The SMILES string of the molecule is C[C@@H](Cn1cncn1)Nc1cc(-c2ccccc2F)nc2ccnn12. The summed E-state index contributed by atoms with van der Waals surface area (Å²) < 4.78 is 17.6. The average Bonchev–Trinajstić information content (AvgIpc) is 3.26. The van der Waals surface area contributed by atoms with Crippen molar-refractivity contribution in [2.24, 2.45) is 0 Å². The summed E-state index contributed by atoms with van der Waals surface area (Å²) in [5.74, 6) is 0.432. The second-order valence-electron chi connectivity index (χ2n) is 5.77. The highest BCUT2D eigenvalue weighted by Crippen LogP contribution is 2.24. The Hall–Kier alpha value is -3.29. The maximum atomic E-state index is 14.1. The van der Waals surface area contributed by atoms with Gasteiger partial charge in [-0.05, 0) is 19.1 Å². The molecule has 8 heteroatoms. The van der Waals surface area contributed by atoms with Gasteiger partial charge in [0.1, 0.15) is 24.3 Å². The molecule has 0 bridgehead atoms. The Balaban J connectivity index is 1.70. The molecule has 1 atom stereocenters. The van der Waals surface area contributed by atoms with Crippen molar-refractivity contribution in [3.63, 3.8) is 0 Å². The quantitative estimate of drug-likeness (QED) is 0.606. The van der Waals surface area contributed by atoms with Gasteiger partial charge in [-0.25, -0.2) is 14.4 Å². The van der Waals surface area contributed by atoms with Crippen LogP contribution in [0.3, 0.4) is 0 Å². The van der Waals surface area contributed by atoms with Crippen LogP contribution >= 0.6 is 0 Å². The highest BCUT2D eigenvalue weighted by molar-refractivity contribution is 5.66. The molecule has 0 fully saturated rings. The molecule has 3 heterocycles. The van der Waals surface area contributed by atoms with Crippen LogP contribution in [-0.4, -0.2) is 35.4 Å². The molecule has 0 radical (unpaired) electrons. The van der Waals surface area contributed by atoms with Crippen molar-refractivity contribution in [1.29, 1.82) is 0 Å². The Bertz CT molecular complexity index is 993. The Morgan fingerprint density at radius 1 is 1.20 bits per heavy atom. The number of rotatable bonds is 5. The van der Waals surface area contributed by atoms with Gasteiger partial charge in [-0.15, -0.1) is 0 Å². The van der Waals surface area contributed by atoms with Crippen molar-refractivity contribution in [1.82, 2.24) is 29.4 Å². The van der Waals surface area contributed by atoms with Gasteiger partial charge in [-0.3, -0.25) is 4.68 Å². The molecule has 0 unspecified atom stereocenters. The normalized spacial score (nSPS) is 12.4. The van der Waals surface area contributed by atoms with Gasteiger partial charge in [-0.1, -0.05) is 12.1 Å². The molecule has 0 aliphatic rings. The number of halogens is 1. The largest absolute Gasteiger partial charge is 0.366 e. The molecule has 0 saturated carbocycles. The molecule has 1 aromatic carbocycles. The standard InChI is InChI=1S/C17H16FN7/c1-12(9-24-11-19-10-21-24)22-17-8-15(13-4-2-3-5-14(13)18)23-16-6-7-20-25(16)17/h2-8,10-12,22H,9H2,1H3/t12-/m0/s1. The molecule has 4 rings (SSSR count). The lowest BCUT2D eigenvalue weighted by molar-refractivity contribution is 0.557. The number of nitrogens with one attached hydrogen (secondary N) is 1. The van der Waals surface area contributed by atoms with E-state index in [0.29, 0.717) is 23.4 Å². The monoisotopic (exact) mass is 337 g/mol. The maximum absolute atomic E-state index is 14.1. The van der Waals surface area contributed by atoms with Gasteiger partial charge in [0.15, 0.2) is 5.65 Å². The first-order valence-electron chi connectivity index (χ1n) is 7.89. The third-order valence-corrected chi connectivity index (χ3v) is 3.83. The molecule has 4 aromatic rings. The molecule has 0 amide bonds. The molecule has 0 saturated heterocycles. The first-order valence-corrected chi connectivity index (χ1v) is 7.89. The van der Waals surface area contributed by atoms with Gasteiger partial charge in [0.25, 0.3) is 0 Å². The fourth-order valence-electron chi connectivity index (χ4n) is 2.73. The molecule has 25 heavy (non-hydrogen) atoms. The third-order valence-electron chi connectivity index (χ3n) is 3.83. The Labute approximate surface area is 143 Å². The number of hydrogen-bond acceptors (Lipinski definition) is 5. The Kier molecular flexibility index (Phi) is 3.85. The maximum Gasteiger partial charge on any atom is 0.157 e. The van der Waals surface area contributed by atoms with Gasteiger partial charge in [0.2, 0.25) is 0 Å². The van der Waals surface area contributed by atoms with Crippen LogP contribution in [-0.2, 0) is 6.54 Å². The van der Waals surface area contributed by atoms with Crippen molar-refractivity contribution in [3.05, 3.63) is 61.1 Å². The van der Waals surface area contributed by atoms with Crippen molar-refractivity contribution < 1.29 is 4.39 Å². The van der Waals surface area contributed by atoms with Gasteiger partial charge >= 0.3 is 0 Å². The average molecular weight is 337 g/mol. The van der Waals surface area contributed by atoms with E-state index in [4.69, 9.17) is 0 Å². The van der Waals surface area contributed by atoms with E-state index in [9.17, 15) is 4.39 Å². The van der Waals surface area contributed by atoms with Gasteiger partial charge in [0, 0.05) is 23.7 Å². The van der Waals surface area contributed by atoms with Crippen molar-refractivity contribution in [2.45, 2.75) is 19.5 Å². The smallest absolute Gasteiger partial charge is 0.157 e. The lowest BCUT2D eigenvalue weighted by atomic mass is 10.1. The van der Waals surface area contributed by atoms with Gasteiger partial charge in [-0.2, -0.15) is 14.7 Å². The van der Waals surface area contributed by atoms with Crippen LogP contribution in [0.5, 0.6) is 0 Å². The Morgan fingerprint density at radius 2 is 2.08 bits per heavy atom. The minimum atomic E-state index is -0.305. The van der Waals surface area contributed by atoms with E-state index >= 15 is 0 Å². The van der Waals surface area contributed by atoms with E-state index in [1.165, 1.54) is 12.4 Å². The van der Waals surface area contributed by atoms with E-state index in [1.807, 2.05) is 6.92 Å². The fraction of sp³-hybridized carbons (Fsp3) is 0.176. The number of hydrogen-bond donors (Lipinski definition) is 1. The van der Waals surface area contributed by atoms with E-state index in [1.54, 1.807) is 52.1 Å². The summed E-state index contributed by atoms with van der Waals surface area (Å²) in [4.78, 5) is 8.45. The van der Waals surface area contributed by atoms with E-state index in [0.717, 1.165) is 5.82 Å². The van der Waals surface area contributed by atoms with Crippen LogP contribution in [0.25, 0.3) is 16.9 Å². The third kappa shape index (κ3) is 3.06. The molecule has 0 aliphatic heterocycles. The van der Waals surface area contributed by atoms with Gasteiger partial charge in [0.05, 0.1) is 18.4 Å². The first kappa shape index (κ1) is 15.3. The summed E-state index contributed by atoms with van der Waals surface area (Å²) in [6.45, 7) is 2.67. The van der Waals surface area contributed by atoms with Crippen LogP contribution in [0.1, 0.15) is 6.92 Å². The minimum absolute atomic E-state index is 0.0602. The van der Waals surface area contributed by atoms with Crippen molar-refractivity contribution in [3.8, 4) is 11.3 Å². The highest BCUT2D eigenvalue weighted by Gasteiger charge is 2.13. The highest BCUT2D eigenvalue weighted by atomic mass is 19.1. The molecule has 3 aromatic heterocycles. The second-order valence-corrected chi connectivity index (χ2v) is 5.77. The first-order chi connectivity index (χ1) is 12.2. The summed E-state index contributed by atoms with van der Waals surface area (Å²) in [6, 6.07) is 10.3. The summed E-state index contributed by atoms with van der Waals surface area (Å²) in [5, 5.41) is 11.8. The summed E-state index contributed by atoms with van der Waals surface area (Å²) in [5.41, 5.74) is 1.66. The fourth-order valence-corrected chi connectivity index (χ4v) is 2.73. The molecule has 126 valence electrons. The van der Waals surface area contributed by atoms with Crippen LogP contribution in [0, 0.1) is 5.82 Å². The molecule has 7 nitrogen and oxygen atoms in total. The lowest BCUT2D eigenvalue weighted by Gasteiger charge is -2.16. The zero-order valence-electron chi connectivity index (χ0n) is 13.5. The minimum Gasteiger partial charge on any atom is -0.366 e. The zero-order valence-corrected chi connectivity index (χ0v) is 13.5. The molecular weight excluding hydrogens is 321 g/mol. The molecule has 0 spiro atoms. The van der Waals surface area contributed by atoms with Crippen LogP contribution in [0.4, 0.5) is 10.2 Å².